The maximum absolute atomic E-state index is 2.45. The van der Waals surface area contributed by atoms with Crippen molar-refractivity contribution in [2.45, 2.75) is 32.6 Å². The van der Waals surface area contributed by atoms with E-state index in [1.165, 1.54) is 25.7 Å². The first-order valence-electron chi connectivity index (χ1n) is 4.26. The predicted molar refractivity (Wildman–Crippen MR) is 43.8 cm³/mol. The first-order chi connectivity index (χ1) is 4.86. The molecule has 0 aromatic rings. The monoisotopic (exact) mass is 134 g/mol. The van der Waals surface area contributed by atoms with Crippen LogP contribution in [-0.2, 0) is 0 Å². The Hall–Kier alpha value is -0.520. The standard InChI is InChI=1S/C10H14/c1-8-5-6-10(7-8)9-3-2-4-9/h3,7-8H,2,4-6H2,1H3. The zero-order valence-corrected chi connectivity index (χ0v) is 6.56. The van der Waals surface area contributed by atoms with Crippen LogP contribution in [0.5, 0.6) is 0 Å². The molecule has 1 atom stereocenters. The van der Waals surface area contributed by atoms with E-state index in [9.17, 15) is 0 Å². The minimum absolute atomic E-state index is 0.844. The van der Waals surface area contributed by atoms with Gasteiger partial charge in [-0.15, -0.1) is 0 Å². The van der Waals surface area contributed by atoms with Gasteiger partial charge in [-0.25, -0.2) is 0 Å². The summed E-state index contributed by atoms with van der Waals surface area (Å²) >= 11 is 0. The summed E-state index contributed by atoms with van der Waals surface area (Å²) < 4.78 is 0. The molecule has 0 amide bonds. The molecule has 0 saturated heterocycles. The van der Waals surface area contributed by atoms with Gasteiger partial charge in [-0.2, -0.15) is 0 Å². The second-order valence-electron chi connectivity index (χ2n) is 3.48. The van der Waals surface area contributed by atoms with E-state index >= 15 is 0 Å². The van der Waals surface area contributed by atoms with Crippen LogP contribution in [0.4, 0.5) is 0 Å². The van der Waals surface area contributed by atoms with Gasteiger partial charge in [-0.1, -0.05) is 19.1 Å². The summed E-state index contributed by atoms with van der Waals surface area (Å²) in [7, 11) is 0. The average molecular weight is 134 g/mol. The Balaban J connectivity index is 2.11. The van der Waals surface area contributed by atoms with E-state index in [0.717, 1.165) is 5.92 Å². The molecule has 0 spiro atoms. The zero-order chi connectivity index (χ0) is 6.97. The molecule has 1 unspecified atom stereocenters. The summed E-state index contributed by atoms with van der Waals surface area (Å²) in [5.74, 6) is 0.844. The molecule has 2 rings (SSSR count). The van der Waals surface area contributed by atoms with Gasteiger partial charge in [0.15, 0.2) is 0 Å². The van der Waals surface area contributed by atoms with Gasteiger partial charge in [0, 0.05) is 0 Å². The van der Waals surface area contributed by atoms with Crippen molar-refractivity contribution in [1.29, 1.82) is 0 Å². The van der Waals surface area contributed by atoms with Crippen molar-refractivity contribution in [3.05, 3.63) is 23.3 Å². The van der Waals surface area contributed by atoms with Crippen molar-refractivity contribution in [1.82, 2.24) is 0 Å². The minimum Gasteiger partial charge on any atom is -0.0807 e. The Morgan fingerprint density at radius 2 is 2.10 bits per heavy atom. The smallest absolute Gasteiger partial charge is 0.0244 e. The van der Waals surface area contributed by atoms with Crippen LogP contribution >= 0.6 is 0 Å². The van der Waals surface area contributed by atoms with E-state index < -0.39 is 0 Å². The van der Waals surface area contributed by atoms with Crippen molar-refractivity contribution in [3.63, 3.8) is 0 Å². The lowest BCUT2D eigenvalue weighted by atomic mass is 9.91. The Bertz CT molecular complexity index is 196. The maximum Gasteiger partial charge on any atom is -0.0244 e. The van der Waals surface area contributed by atoms with Gasteiger partial charge in [0.25, 0.3) is 0 Å². The minimum atomic E-state index is 0.844. The first-order valence-corrected chi connectivity index (χ1v) is 4.26. The third kappa shape index (κ3) is 0.920. The largest absolute Gasteiger partial charge is 0.0807 e. The van der Waals surface area contributed by atoms with Crippen LogP contribution in [0.15, 0.2) is 23.3 Å². The van der Waals surface area contributed by atoms with Crippen LogP contribution in [0.1, 0.15) is 32.6 Å². The Labute approximate surface area is 62.6 Å². The molecule has 54 valence electrons. The Morgan fingerprint density at radius 1 is 1.30 bits per heavy atom. The summed E-state index contributed by atoms with van der Waals surface area (Å²) in [6, 6.07) is 0. The highest BCUT2D eigenvalue weighted by Gasteiger charge is 2.17. The molecular weight excluding hydrogens is 120 g/mol. The molecule has 0 aromatic carbocycles. The average Bonchev–Trinajstić information content (AvgIpc) is 2.10. The zero-order valence-electron chi connectivity index (χ0n) is 6.56. The Kier molecular flexibility index (Phi) is 1.40. The summed E-state index contributed by atoms with van der Waals surface area (Å²) in [4.78, 5) is 0. The van der Waals surface area contributed by atoms with Gasteiger partial charge >= 0.3 is 0 Å². The van der Waals surface area contributed by atoms with Crippen molar-refractivity contribution < 1.29 is 0 Å². The van der Waals surface area contributed by atoms with Crippen molar-refractivity contribution in [2.24, 2.45) is 5.92 Å². The molecular formula is C10H14. The third-order valence-electron chi connectivity index (χ3n) is 2.57. The Morgan fingerprint density at radius 3 is 2.50 bits per heavy atom. The lowest BCUT2D eigenvalue weighted by Crippen LogP contribution is -1.95. The highest BCUT2D eigenvalue weighted by molar-refractivity contribution is 5.38. The molecule has 0 fully saturated rings. The third-order valence-corrected chi connectivity index (χ3v) is 2.57. The van der Waals surface area contributed by atoms with Crippen molar-refractivity contribution >= 4 is 0 Å². The van der Waals surface area contributed by atoms with Gasteiger partial charge in [0.05, 0.1) is 0 Å². The fraction of sp³-hybridized carbons (Fsp3) is 0.600. The second kappa shape index (κ2) is 2.26. The predicted octanol–water partition coefficient (Wildman–Crippen LogP) is 3.06. The molecule has 0 heterocycles. The summed E-state index contributed by atoms with van der Waals surface area (Å²) in [6.07, 6.45) is 10.2. The molecule has 0 aromatic heterocycles. The number of hydrogen-bond acceptors (Lipinski definition) is 0. The lowest BCUT2D eigenvalue weighted by Gasteiger charge is -2.14. The van der Waals surface area contributed by atoms with E-state index in [0.29, 0.717) is 0 Å². The molecule has 0 nitrogen and oxygen atoms in total. The summed E-state index contributed by atoms with van der Waals surface area (Å²) in [6.45, 7) is 2.31. The number of hydrogen-bond donors (Lipinski definition) is 0. The fourth-order valence-electron chi connectivity index (χ4n) is 1.74. The van der Waals surface area contributed by atoms with Crippen LogP contribution in [0.2, 0.25) is 0 Å². The number of rotatable bonds is 1. The van der Waals surface area contributed by atoms with E-state index in [-0.39, 0.29) is 0 Å². The molecule has 0 aliphatic heterocycles. The molecule has 2 aliphatic rings. The van der Waals surface area contributed by atoms with E-state index in [1.807, 2.05) is 0 Å². The van der Waals surface area contributed by atoms with Crippen LogP contribution in [0.3, 0.4) is 0 Å². The van der Waals surface area contributed by atoms with E-state index in [2.05, 4.69) is 19.1 Å². The van der Waals surface area contributed by atoms with Crippen LogP contribution in [-0.4, -0.2) is 0 Å². The van der Waals surface area contributed by atoms with Crippen molar-refractivity contribution in [2.75, 3.05) is 0 Å². The molecule has 0 bridgehead atoms. The van der Waals surface area contributed by atoms with E-state index in [1.54, 1.807) is 11.1 Å². The van der Waals surface area contributed by atoms with Gasteiger partial charge < -0.3 is 0 Å². The molecule has 0 saturated carbocycles. The quantitative estimate of drug-likeness (QED) is 0.517. The van der Waals surface area contributed by atoms with Gasteiger partial charge in [0.1, 0.15) is 0 Å². The fourth-order valence-corrected chi connectivity index (χ4v) is 1.74. The molecule has 0 heteroatoms. The van der Waals surface area contributed by atoms with Crippen LogP contribution < -0.4 is 0 Å². The van der Waals surface area contributed by atoms with Crippen LogP contribution in [0.25, 0.3) is 0 Å². The molecule has 0 N–H and O–H groups in total. The molecule has 2 aliphatic carbocycles. The van der Waals surface area contributed by atoms with Crippen LogP contribution in [0, 0.1) is 5.92 Å². The van der Waals surface area contributed by atoms with Crippen molar-refractivity contribution in [3.8, 4) is 0 Å². The lowest BCUT2D eigenvalue weighted by molar-refractivity contribution is 0.696. The first kappa shape index (κ1) is 6.21. The SMILES string of the molecule is CC1C=C(C2=CCC2)CC1. The van der Waals surface area contributed by atoms with Gasteiger partial charge in [0.2, 0.25) is 0 Å². The van der Waals surface area contributed by atoms with E-state index in [4.69, 9.17) is 0 Å². The topological polar surface area (TPSA) is 0 Å². The molecule has 10 heavy (non-hydrogen) atoms. The maximum atomic E-state index is 2.45. The summed E-state index contributed by atoms with van der Waals surface area (Å²) in [5, 5.41) is 0. The van der Waals surface area contributed by atoms with Gasteiger partial charge in [-0.3, -0.25) is 0 Å². The number of allylic oxidation sites excluding steroid dienone is 4. The second-order valence-corrected chi connectivity index (χ2v) is 3.48. The van der Waals surface area contributed by atoms with Gasteiger partial charge in [-0.05, 0) is 42.7 Å². The summed E-state index contributed by atoms with van der Waals surface area (Å²) in [5.41, 5.74) is 3.29. The molecule has 0 radical (unpaired) electrons. The normalized spacial score (nSPS) is 31.1. The highest BCUT2D eigenvalue weighted by atomic mass is 14.2. The highest BCUT2D eigenvalue weighted by Crippen LogP contribution is 2.34.